The number of benzene rings is 2. The Balaban J connectivity index is 2.04. The molecule has 0 spiro atoms. The molecule has 0 aliphatic carbocycles. The molecule has 0 aromatic heterocycles. The molecule has 0 aliphatic rings. The number of carbonyl (C=O) groups excluding carboxylic acids is 1. The molecule has 0 bridgehead atoms. The van der Waals surface area contributed by atoms with Crippen LogP contribution in [0.2, 0.25) is 10.0 Å². The van der Waals surface area contributed by atoms with Crippen LogP contribution in [0, 0.1) is 11.6 Å². The lowest BCUT2D eigenvalue weighted by molar-refractivity contribution is -0.115. The predicted molar refractivity (Wildman–Crippen MR) is 86.8 cm³/mol. The van der Waals surface area contributed by atoms with Gasteiger partial charge in [-0.3, -0.25) is 4.79 Å². The molecular formula is C15H11Cl2F2NOS. The highest BCUT2D eigenvalue weighted by Gasteiger charge is 2.16. The molecule has 7 heteroatoms. The Labute approximate surface area is 140 Å². The van der Waals surface area contributed by atoms with Crippen LogP contribution < -0.4 is 5.32 Å². The number of halogens is 4. The van der Waals surface area contributed by atoms with E-state index < -0.39 is 16.9 Å². The summed E-state index contributed by atoms with van der Waals surface area (Å²) in [5.74, 6) is -2.16. The smallest absolute Gasteiger partial charge is 0.237 e. The van der Waals surface area contributed by atoms with Gasteiger partial charge < -0.3 is 5.32 Å². The van der Waals surface area contributed by atoms with Crippen molar-refractivity contribution in [1.29, 1.82) is 0 Å². The van der Waals surface area contributed by atoms with Gasteiger partial charge in [-0.15, -0.1) is 11.8 Å². The summed E-state index contributed by atoms with van der Waals surface area (Å²) in [7, 11) is 0. The number of nitrogens with one attached hydrogen (secondary N) is 1. The topological polar surface area (TPSA) is 29.1 Å². The SMILES string of the molecule is C[C@@H](Sc1ccc(F)c(F)c1)C(=O)Nc1cc(Cl)cc(Cl)c1. The fourth-order valence-corrected chi connectivity index (χ4v) is 3.10. The van der Waals surface area contributed by atoms with Crippen LogP contribution in [0.4, 0.5) is 14.5 Å². The van der Waals surface area contributed by atoms with Crippen LogP contribution in [0.1, 0.15) is 6.92 Å². The van der Waals surface area contributed by atoms with E-state index in [0.717, 1.165) is 23.9 Å². The summed E-state index contributed by atoms with van der Waals surface area (Å²) in [6, 6.07) is 8.20. The van der Waals surface area contributed by atoms with Gasteiger partial charge in [0.25, 0.3) is 0 Å². The molecule has 1 amide bonds. The summed E-state index contributed by atoms with van der Waals surface area (Å²) in [6.45, 7) is 1.66. The number of thioether (sulfide) groups is 1. The van der Waals surface area contributed by atoms with Crippen LogP contribution in [0.3, 0.4) is 0 Å². The van der Waals surface area contributed by atoms with E-state index in [2.05, 4.69) is 5.32 Å². The van der Waals surface area contributed by atoms with Crippen molar-refractivity contribution in [1.82, 2.24) is 0 Å². The van der Waals surface area contributed by atoms with E-state index in [0.29, 0.717) is 20.6 Å². The quantitative estimate of drug-likeness (QED) is 0.739. The van der Waals surface area contributed by atoms with E-state index in [1.165, 1.54) is 6.07 Å². The molecule has 0 saturated carbocycles. The monoisotopic (exact) mass is 361 g/mol. The Bertz CT molecular complexity index is 692. The molecule has 0 saturated heterocycles. The number of carbonyl (C=O) groups is 1. The third-order valence-electron chi connectivity index (χ3n) is 2.70. The van der Waals surface area contributed by atoms with Gasteiger partial charge in [0.1, 0.15) is 0 Å². The molecule has 0 unspecified atom stereocenters. The molecule has 2 aromatic carbocycles. The summed E-state index contributed by atoms with van der Waals surface area (Å²) < 4.78 is 26.0. The number of hydrogen-bond donors (Lipinski definition) is 1. The average Bonchev–Trinajstić information content (AvgIpc) is 2.41. The minimum atomic E-state index is -0.945. The van der Waals surface area contributed by atoms with E-state index in [1.54, 1.807) is 25.1 Å². The van der Waals surface area contributed by atoms with E-state index in [4.69, 9.17) is 23.2 Å². The second kappa shape index (κ2) is 7.31. The number of anilines is 1. The summed E-state index contributed by atoms with van der Waals surface area (Å²) in [5, 5.41) is 2.97. The largest absolute Gasteiger partial charge is 0.325 e. The number of rotatable bonds is 4. The molecule has 0 fully saturated rings. The molecule has 0 aliphatic heterocycles. The van der Waals surface area contributed by atoms with Crippen molar-refractivity contribution in [3.8, 4) is 0 Å². The lowest BCUT2D eigenvalue weighted by Crippen LogP contribution is -2.22. The second-order valence-electron chi connectivity index (χ2n) is 4.48. The van der Waals surface area contributed by atoms with Crippen molar-refractivity contribution in [3.63, 3.8) is 0 Å². The Morgan fingerprint density at radius 2 is 1.73 bits per heavy atom. The fraction of sp³-hybridized carbons (Fsp3) is 0.133. The number of amides is 1. The summed E-state index contributed by atoms with van der Waals surface area (Å²) in [5.41, 5.74) is 0.472. The van der Waals surface area contributed by atoms with Crippen LogP contribution >= 0.6 is 35.0 Å². The van der Waals surface area contributed by atoms with E-state index in [-0.39, 0.29) is 5.91 Å². The van der Waals surface area contributed by atoms with Crippen molar-refractivity contribution < 1.29 is 13.6 Å². The Kier molecular flexibility index (Phi) is 5.67. The van der Waals surface area contributed by atoms with Gasteiger partial charge in [0.05, 0.1) is 5.25 Å². The maximum atomic E-state index is 13.1. The van der Waals surface area contributed by atoms with Gasteiger partial charge in [-0.25, -0.2) is 8.78 Å². The molecule has 2 rings (SSSR count). The highest BCUT2D eigenvalue weighted by atomic mass is 35.5. The first-order valence-corrected chi connectivity index (χ1v) is 7.87. The second-order valence-corrected chi connectivity index (χ2v) is 6.77. The Morgan fingerprint density at radius 3 is 2.32 bits per heavy atom. The van der Waals surface area contributed by atoms with E-state index >= 15 is 0 Å². The maximum absolute atomic E-state index is 13.1. The zero-order chi connectivity index (χ0) is 16.3. The highest BCUT2D eigenvalue weighted by Crippen LogP contribution is 2.27. The van der Waals surface area contributed by atoms with Crippen LogP contribution in [0.15, 0.2) is 41.3 Å². The van der Waals surface area contributed by atoms with Crippen molar-refractivity contribution in [2.24, 2.45) is 0 Å². The predicted octanol–water partition coefficient (Wildman–Crippen LogP) is 5.39. The Hall–Kier alpha value is -1.30. The third-order valence-corrected chi connectivity index (χ3v) is 4.23. The van der Waals surface area contributed by atoms with Crippen LogP contribution in [-0.4, -0.2) is 11.2 Å². The van der Waals surface area contributed by atoms with Crippen molar-refractivity contribution in [2.75, 3.05) is 5.32 Å². The average molecular weight is 362 g/mol. The minimum Gasteiger partial charge on any atom is -0.325 e. The molecule has 1 N–H and O–H groups in total. The molecule has 2 nitrogen and oxygen atoms in total. The third kappa shape index (κ3) is 4.60. The minimum absolute atomic E-state index is 0.298. The van der Waals surface area contributed by atoms with Crippen molar-refractivity contribution >= 4 is 46.6 Å². The van der Waals surface area contributed by atoms with Crippen molar-refractivity contribution in [3.05, 3.63) is 58.1 Å². The first-order valence-electron chi connectivity index (χ1n) is 6.24. The molecule has 1 atom stereocenters. The lowest BCUT2D eigenvalue weighted by atomic mass is 10.3. The normalized spacial score (nSPS) is 12.0. The summed E-state index contributed by atoms with van der Waals surface area (Å²) in [4.78, 5) is 12.6. The zero-order valence-electron chi connectivity index (χ0n) is 11.4. The summed E-state index contributed by atoms with van der Waals surface area (Å²) >= 11 is 12.8. The molecule has 0 radical (unpaired) electrons. The first-order chi connectivity index (χ1) is 10.3. The number of hydrogen-bond acceptors (Lipinski definition) is 2. The van der Waals surface area contributed by atoms with Gasteiger partial charge in [0, 0.05) is 20.6 Å². The zero-order valence-corrected chi connectivity index (χ0v) is 13.7. The lowest BCUT2D eigenvalue weighted by Gasteiger charge is -2.12. The maximum Gasteiger partial charge on any atom is 0.237 e. The summed E-state index contributed by atoms with van der Waals surface area (Å²) in [6.07, 6.45) is 0. The van der Waals surface area contributed by atoms with Crippen molar-refractivity contribution in [2.45, 2.75) is 17.1 Å². The highest BCUT2D eigenvalue weighted by molar-refractivity contribution is 8.00. The molecule has 0 heterocycles. The first kappa shape index (κ1) is 17.1. The van der Waals surface area contributed by atoms with Gasteiger partial charge >= 0.3 is 0 Å². The standard InChI is InChI=1S/C15H11Cl2F2NOS/c1-8(22-12-2-3-13(18)14(19)7-12)15(21)20-11-5-9(16)4-10(17)6-11/h2-8H,1H3,(H,20,21)/t8-/m1/s1. The van der Waals surface area contributed by atoms with Gasteiger partial charge in [-0.1, -0.05) is 23.2 Å². The molecule has 116 valence electrons. The van der Waals surface area contributed by atoms with Crippen LogP contribution in [-0.2, 0) is 4.79 Å². The van der Waals surface area contributed by atoms with E-state index in [9.17, 15) is 13.6 Å². The van der Waals surface area contributed by atoms with Crippen LogP contribution in [0.25, 0.3) is 0 Å². The van der Waals surface area contributed by atoms with Gasteiger partial charge in [0.2, 0.25) is 5.91 Å². The van der Waals surface area contributed by atoms with Gasteiger partial charge in [0.15, 0.2) is 11.6 Å². The molecule has 22 heavy (non-hydrogen) atoms. The van der Waals surface area contributed by atoms with E-state index in [1.807, 2.05) is 0 Å². The van der Waals surface area contributed by atoms with Gasteiger partial charge in [-0.05, 0) is 43.3 Å². The van der Waals surface area contributed by atoms with Gasteiger partial charge in [-0.2, -0.15) is 0 Å². The van der Waals surface area contributed by atoms with Crippen LogP contribution in [0.5, 0.6) is 0 Å². The fourth-order valence-electron chi connectivity index (χ4n) is 1.68. The molecule has 2 aromatic rings. The molecular weight excluding hydrogens is 351 g/mol. The Morgan fingerprint density at radius 1 is 1.09 bits per heavy atom.